The van der Waals surface area contributed by atoms with Crippen molar-refractivity contribution >= 4 is 11.6 Å². The van der Waals surface area contributed by atoms with E-state index < -0.39 is 0 Å². The lowest BCUT2D eigenvalue weighted by molar-refractivity contribution is -0.128. The fraction of sp³-hybridized carbons (Fsp3) is 0.611. The summed E-state index contributed by atoms with van der Waals surface area (Å²) in [4.78, 5) is 13.2. The van der Waals surface area contributed by atoms with Crippen molar-refractivity contribution in [2.75, 3.05) is 12.4 Å². The highest BCUT2D eigenvalue weighted by Gasteiger charge is 2.28. The van der Waals surface area contributed by atoms with Gasteiger partial charge in [-0.1, -0.05) is 38.5 Å². The van der Waals surface area contributed by atoms with Crippen LogP contribution in [0.5, 0.6) is 0 Å². The lowest BCUT2D eigenvalue weighted by atomic mass is 9.75. The van der Waals surface area contributed by atoms with Gasteiger partial charge in [0.2, 0.25) is 5.91 Å². The zero-order valence-corrected chi connectivity index (χ0v) is 13.8. The van der Waals surface area contributed by atoms with Crippen molar-refractivity contribution in [3.8, 4) is 0 Å². The number of para-hydroxylation sites is 1. The van der Waals surface area contributed by atoms with Crippen molar-refractivity contribution in [3.05, 3.63) is 29.8 Å². The van der Waals surface area contributed by atoms with E-state index in [4.69, 9.17) is 0 Å². The molecule has 1 unspecified atom stereocenters. The molecule has 1 aliphatic carbocycles. The lowest BCUT2D eigenvalue weighted by Crippen LogP contribution is -2.32. The highest BCUT2D eigenvalue weighted by Crippen LogP contribution is 2.36. The minimum atomic E-state index is 0.101. The normalized spacial score (nSPS) is 20.9. The quantitative estimate of drug-likeness (QED) is 0.906. The molecule has 1 atom stereocenters. The van der Waals surface area contributed by atoms with Crippen LogP contribution >= 0.6 is 0 Å². The van der Waals surface area contributed by atoms with Gasteiger partial charge < -0.3 is 10.2 Å². The number of rotatable bonds is 4. The molecule has 0 aromatic heterocycles. The van der Waals surface area contributed by atoms with Gasteiger partial charge in [0.05, 0.1) is 0 Å². The molecule has 0 bridgehead atoms. The maximum absolute atomic E-state index is 11.4. The summed E-state index contributed by atoms with van der Waals surface area (Å²) >= 11 is 0. The third-order valence-electron chi connectivity index (χ3n) is 4.53. The number of hydrogen-bond acceptors (Lipinski definition) is 2. The zero-order chi connectivity index (χ0) is 15.5. The van der Waals surface area contributed by atoms with Crippen LogP contribution in [0.4, 0.5) is 5.69 Å². The van der Waals surface area contributed by atoms with Gasteiger partial charge in [-0.25, -0.2) is 0 Å². The number of carbonyl (C=O) groups is 1. The molecule has 0 aliphatic heterocycles. The highest BCUT2D eigenvalue weighted by molar-refractivity contribution is 5.73. The second-order valence-electron chi connectivity index (χ2n) is 7.13. The molecule has 1 amide bonds. The minimum absolute atomic E-state index is 0.101. The number of benzene rings is 1. The second-order valence-corrected chi connectivity index (χ2v) is 7.13. The first kappa shape index (κ1) is 15.9. The molecule has 1 aliphatic rings. The number of nitrogens with one attached hydrogen (secondary N) is 1. The van der Waals surface area contributed by atoms with Crippen LogP contribution in [0.3, 0.4) is 0 Å². The van der Waals surface area contributed by atoms with Gasteiger partial charge in [0.15, 0.2) is 0 Å². The number of carbonyl (C=O) groups excluding carboxylic acids is 1. The van der Waals surface area contributed by atoms with Gasteiger partial charge in [0.25, 0.3) is 0 Å². The molecule has 0 radical (unpaired) electrons. The van der Waals surface area contributed by atoms with Crippen LogP contribution < -0.4 is 5.32 Å². The Hall–Kier alpha value is -1.51. The monoisotopic (exact) mass is 288 g/mol. The first-order valence-corrected chi connectivity index (χ1v) is 7.93. The van der Waals surface area contributed by atoms with E-state index in [2.05, 4.69) is 37.4 Å². The average molecular weight is 288 g/mol. The van der Waals surface area contributed by atoms with E-state index in [1.54, 1.807) is 11.8 Å². The van der Waals surface area contributed by atoms with E-state index in [-0.39, 0.29) is 5.91 Å². The van der Waals surface area contributed by atoms with Crippen LogP contribution in [-0.4, -0.2) is 23.9 Å². The van der Waals surface area contributed by atoms with Crippen LogP contribution in [0, 0.1) is 5.41 Å². The van der Waals surface area contributed by atoms with E-state index in [0.717, 1.165) is 0 Å². The van der Waals surface area contributed by atoms with Crippen molar-refractivity contribution in [2.45, 2.75) is 59.0 Å². The maximum Gasteiger partial charge on any atom is 0.219 e. The smallest absolute Gasteiger partial charge is 0.219 e. The average Bonchev–Trinajstić information content (AvgIpc) is 2.39. The summed E-state index contributed by atoms with van der Waals surface area (Å²) in [6.45, 7) is 6.99. The van der Waals surface area contributed by atoms with Crippen molar-refractivity contribution in [2.24, 2.45) is 5.41 Å². The Bertz CT molecular complexity index is 496. The Kier molecular flexibility index (Phi) is 4.92. The number of hydrogen-bond donors (Lipinski definition) is 1. The van der Waals surface area contributed by atoms with Gasteiger partial charge in [-0.2, -0.15) is 0 Å². The van der Waals surface area contributed by atoms with Crippen molar-refractivity contribution in [1.29, 1.82) is 0 Å². The van der Waals surface area contributed by atoms with Gasteiger partial charge in [-0.3, -0.25) is 4.79 Å². The van der Waals surface area contributed by atoms with Gasteiger partial charge in [-0.15, -0.1) is 0 Å². The van der Waals surface area contributed by atoms with Crippen LogP contribution in [0.2, 0.25) is 0 Å². The Morgan fingerprint density at radius 3 is 2.76 bits per heavy atom. The molecule has 116 valence electrons. The molecule has 2 rings (SSSR count). The molecular weight excluding hydrogens is 260 g/mol. The Labute approximate surface area is 128 Å². The predicted octanol–water partition coefficient (Wildman–Crippen LogP) is 4.05. The Balaban J connectivity index is 2.07. The molecule has 0 spiro atoms. The van der Waals surface area contributed by atoms with E-state index in [1.165, 1.54) is 36.9 Å². The topological polar surface area (TPSA) is 32.3 Å². The Morgan fingerprint density at radius 1 is 1.38 bits per heavy atom. The summed E-state index contributed by atoms with van der Waals surface area (Å²) in [5, 5.41) is 3.71. The van der Waals surface area contributed by atoms with E-state index in [0.29, 0.717) is 18.0 Å². The van der Waals surface area contributed by atoms with Gasteiger partial charge >= 0.3 is 0 Å². The van der Waals surface area contributed by atoms with Gasteiger partial charge in [-0.05, 0) is 36.3 Å². The summed E-state index contributed by atoms with van der Waals surface area (Å²) in [5.74, 6) is 0.101. The SMILES string of the molecule is CC(=O)N(C)Cc1ccccc1NC1CCCC(C)(C)C1. The van der Waals surface area contributed by atoms with E-state index in [1.807, 2.05) is 13.1 Å². The molecule has 1 aromatic rings. The van der Waals surface area contributed by atoms with Gasteiger partial charge in [0.1, 0.15) is 0 Å². The molecule has 1 saturated carbocycles. The van der Waals surface area contributed by atoms with E-state index in [9.17, 15) is 4.79 Å². The highest BCUT2D eigenvalue weighted by atomic mass is 16.2. The summed E-state index contributed by atoms with van der Waals surface area (Å²) in [7, 11) is 1.85. The maximum atomic E-state index is 11.4. The molecule has 1 aromatic carbocycles. The molecule has 1 fully saturated rings. The van der Waals surface area contributed by atoms with Crippen molar-refractivity contribution in [1.82, 2.24) is 4.90 Å². The van der Waals surface area contributed by atoms with Crippen LogP contribution in [0.25, 0.3) is 0 Å². The standard InChI is InChI=1S/C18H28N2O/c1-14(21)20(4)13-15-8-5-6-10-17(15)19-16-9-7-11-18(2,3)12-16/h5-6,8,10,16,19H,7,9,11-13H2,1-4H3. The summed E-state index contributed by atoms with van der Waals surface area (Å²) in [6, 6.07) is 8.88. The lowest BCUT2D eigenvalue weighted by Gasteiger charge is -2.36. The van der Waals surface area contributed by atoms with Crippen LogP contribution in [-0.2, 0) is 11.3 Å². The van der Waals surface area contributed by atoms with E-state index >= 15 is 0 Å². The largest absolute Gasteiger partial charge is 0.382 e. The summed E-state index contributed by atoms with van der Waals surface area (Å²) in [5.41, 5.74) is 2.80. The molecule has 3 heteroatoms. The summed E-state index contributed by atoms with van der Waals surface area (Å²) in [6.07, 6.45) is 5.06. The zero-order valence-electron chi connectivity index (χ0n) is 13.8. The van der Waals surface area contributed by atoms with Crippen LogP contribution in [0.1, 0.15) is 52.0 Å². The second kappa shape index (κ2) is 6.50. The molecule has 0 saturated heterocycles. The van der Waals surface area contributed by atoms with Crippen molar-refractivity contribution in [3.63, 3.8) is 0 Å². The van der Waals surface area contributed by atoms with Crippen molar-refractivity contribution < 1.29 is 4.79 Å². The molecule has 1 N–H and O–H groups in total. The fourth-order valence-corrected chi connectivity index (χ4v) is 3.21. The molecule has 3 nitrogen and oxygen atoms in total. The third kappa shape index (κ3) is 4.48. The summed E-state index contributed by atoms with van der Waals surface area (Å²) < 4.78 is 0. The van der Waals surface area contributed by atoms with Crippen LogP contribution in [0.15, 0.2) is 24.3 Å². The first-order chi connectivity index (χ1) is 9.87. The molecular formula is C18H28N2O. The number of nitrogens with zero attached hydrogens (tertiary/aromatic N) is 1. The van der Waals surface area contributed by atoms with Gasteiger partial charge in [0, 0.05) is 32.2 Å². The molecule has 0 heterocycles. The minimum Gasteiger partial charge on any atom is -0.382 e. The molecule has 21 heavy (non-hydrogen) atoms. The third-order valence-corrected chi connectivity index (χ3v) is 4.53. The predicted molar refractivity (Wildman–Crippen MR) is 88.2 cm³/mol. The first-order valence-electron chi connectivity index (χ1n) is 7.93. The Morgan fingerprint density at radius 2 is 2.10 bits per heavy atom. The number of amides is 1. The fourth-order valence-electron chi connectivity index (χ4n) is 3.21. The number of anilines is 1.